The highest BCUT2D eigenvalue weighted by molar-refractivity contribution is 14.1. The van der Waals surface area contributed by atoms with Crippen LogP contribution < -0.4 is 5.32 Å². The van der Waals surface area contributed by atoms with Crippen LogP contribution in [0.1, 0.15) is 5.56 Å². The maximum Gasteiger partial charge on any atom is 0.137 e. The smallest absolute Gasteiger partial charge is 0.137 e. The van der Waals surface area contributed by atoms with Gasteiger partial charge in [-0.15, -0.1) is 0 Å². The first-order valence-corrected chi connectivity index (χ1v) is 7.44. The Kier molecular flexibility index (Phi) is 4.86. The van der Waals surface area contributed by atoms with Crippen molar-refractivity contribution in [1.29, 1.82) is 0 Å². The van der Waals surface area contributed by atoms with Crippen molar-refractivity contribution >= 4 is 55.8 Å². The van der Waals surface area contributed by atoms with Gasteiger partial charge in [0.1, 0.15) is 5.82 Å². The van der Waals surface area contributed by atoms with Crippen molar-refractivity contribution in [3.05, 3.63) is 60.8 Å². The molecule has 18 heavy (non-hydrogen) atoms. The molecule has 0 aliphatic rings. The van der Waals surface area contributed by atoms with Crippen LogP contribution >= 0.6 is 50.1 Å². The highest BCUT2D eigenvalue weighted by Gasteiger charge is 2.03. The van der Waals surface area contributed by atoms with Gasteiger partial charge in [-0.2, -0.15) is 0 Å². The van der Waals surface area contributed by atoms with Crippen LogP contribution in [0.25, 0.3) is 0 Å². The molecule has 2 rings (SSSR count). The quantitative estimate of drug-likeness (QED) is 0.625. The number of hydrogen-bond acceptors (Lipinski definition) is 1. The summed E-state index contributed by atoms with van der Waals surface area (Å²) in [4.78, 5) is 0. The van der Waals surface area contributed by atoms with Crippen molar-refractivity contribution in [1.82, 2.24) is 0 Å². The molecule has 0 unspecified atom stereocenters. The lowest BCUT2D eigenvalue weighted by Gasteiger charge is -2.09. The fraction of sp³-hybridized carbons (Fsp3) is 0.0769. The van der Waals surface area contributed by atoms with Crippen LogP contribution in [0.4, 0.5) is 10.1 Å². The van der Waals surface area contributed by atoms with Crippen LogP contribution in [0.15, 0.2) is 40.9 Å². The molecule has 2 aromatic rings. The van der Waals surface area contributed by atoms with E-state index < -0.39 is 0 Å². The molecule has 0 heterocycles. The third kappa shape index (κ3) is 3.59. The minimum atomic E-state index is -0.261. The van der Waals surface area contributed by atoms with Gasteiger partial charge in [-0.25, -0.2) is 4.39 Å². The molecule has 0 bridgehead atoms. The van der Waals surface area contributed by atoms with Crippen molar-refractivity contribution in [2.24, 2.45) is 0 Å². The van der Waals surface area contributed by atoms with Crippen molar-refractivity contribution in [3.8, 4) is 0 Å². The summed E-state index contributed by atoms with van der Waals surface area (Å²) in [7, 11) is 0. The van der Waals surface area contributed by atoms with Gasteiger partial charge in [0.15, 0.2) is 0 Å². The molecule has 1 N–H and O–H groups in total. The van der Waals surface area contributed by atoms with Gasteiger partial charge >= 0.3 is 0 Å². The molecule has 0 saturated heterocycles. The molecule has 0 amide bonds. The number of nitrogens with one attached hydrogen (secondary N) is 1. The van der Waals surface area contributed by atoms with Gasteiger partial charge in [0.25, 0.3) is 0 Å². The van der Waals surface area contributed by atoms with E-state index in [2.05, 4.69) is 43.8 Å². The van der Waals surface area contributed by atoms with Gasteiger partial charge in [-0.05, 0) is 74.4 Å². The molecule has 0 aliphatic heterocycles. The summed E-state index contributed by atoms with van der Waals surface area (Å²) >= 11 is 11.4. The Hall–Kier alpha value is -0.330. The highest BCUT2D eigenvalue weighted by atomic mass is 127. The second kappa shape index (κ2) is 6.21. The average Bonchev–Trinajstić information content (AvgIpc) is 2.32. The number of anilines is 1. The van der Waals surface area contributed by atoms with Crippen molar-refractivity contribution in [2.75, 3.05) is 5.32 Å². The standard InChI is InChI=1S/C13H9BrClFIN/c14-10-3-1-8(5-12(10)16)7-18-13-4-2-9(17)6-11(13)15/h1-6,18H,7H2. The Morgan fingerprint density at radius 1 is 1.22 bits per heavy atom. The molecule has 0 aromatic heterocycles. The Labute approximate surface area is 132 Å². The van der Waals surface area contributed by atoms with E-state index in [9.17, 15) is 4.39 Å². The van der Waals surface area contributed by atoms with E-state index in [0.717, 1.165) is 14.8 Å². The first kappa shape index (κ1) is 14.1. The van der Waals surface area contributed by atoms with Crippen molar-refractivity contribution in [2.45, 2.75) is 6.54 Å². The van der Waals surface area contributed by atoms with Gasteiger partial charge in [-0.1, -0.05) is 17.7 Å². The zero-order valence-electron chi connectivity index (χ0n) is 9.18. The van der Waals surface area contributed by atoms with Crippen LogP contribution in [0.5, 0.6) is 0 Å². The highest BCUT2D eigenvalue weighted by Crippen LogP contribution is 2.24. The van der Waals surface area contributed by atoms with Gasteiger partial charge in [0.2, 0.25) is 0 Å². The van der Waals surface area contributed by atoms with E-state index in [0.29, 0.717) is 16.0 Å². The molecule has 5 heteroatoms. The maximum absolute atomic E-state index is 13.3. The summed E-state index contributed by atoms with van der Waals surface area (Å²) in [6.07, 6.45) is 0. The average molecular weight is 440 g/mol. The third-order valence-corrected chi connectivity index (χ3v) is 4.02. The van der Waals surface area contributed by atoms with Crippen molar-refractivity contribution in [3.63, 3.8) is 0 Å². The van der Waals surface area contributed by atoms with Gasteiger partial charge in [-0.3, -0.25) is 0 Å². The van der Waals surface area contributed by atoms with E-state index in [1.807, 2.05) is 24.3 Å². The number of benzene rings is 2. The van der Waals surface area contributed by atoms with E-state index in [4.69, 9.17) is 11.6 Å². The zero-order valence-corrected chi connectivity index (χ0v) is 13.7. The normalized spacial score (nSPS) is 10.4. The minimum Gasteiger partial charge on any atom is -0.380 e. The molecule has 0 spiro atoms. The summed E-state index contributed by atoms with van der Waals surface area (Å²) in [6.45, 7) is 0.532. The molecular weight excluding hydrogens is 431 g/mol. The summed E-state index contributed by atoms with van der Waals surface area (Å²) < 4.78 is 14.9. The largest absolute Gasteiger partial charge is 0.380 e. The van der Waals surface area contributed by atoms with Crippen molar-refractivity contribution < 1.29 is 4.39 Å². The van der Waals surface area contributed by atoms with Crippen LogP contribution in [-0.2, 0) is 6.54 Å². The maximum atomic E-state index is 13.3. The van der Waals surface area contributed by atoms with E-state index in [-0.39, 0.29) is 5.82 Å². The lowest BCUT2D eigenvalue weighted by Crippen LogP contribution is -2.00. The van der Waals surface area contributed by atoms with Gasteiger partial charge < -0.3 is 5.32 Å². The monoisotopic (exact) mass is 439 g/mol. The Balaban J connectivity index is 2.09. The molecule has 0 atom stereocenters. The van der Waals surface area contributed by atoms with Crippen LogP contribution in [0.2, 0.25) is 5.02 Å². The van der Waals surface area contributed by atoms with E-state index >= 15 is 0 Å². The molecular formula is C13H9BrClFIN. The molecule has 2 aromatic carbocycles. The summed E-state index contributed by atoms with van der Waals surface area (Å²) in [6, 6.07) is 10.8. The van der Waals surface area contributed by atoms with Crippen LogP contribution in [0, 0.1) is 9.39 Å². The topological polar surface area (TPSA) is 12.0 Å². The van der Waals surface area contributed by atoms with E-state index in [1.54, 1.807) is 6.07 Å². The predicted molar refractivity (Wildman–Crippen MR) is 85.6 cm³/mol. The second-order valence-electron chi connectivity index (χ2n) is 3.73. The number of hydrogen-bond donors (Lipinski definition) is 1. The molecule has 94 valence electrons. The lowest BCUT2D eigenvalue weighted by atomic mass is 10.2. The SMILES string of the molecule is Fc1cc(CNc2ccc(I)cc2Cl)ccc1Br. The predicted octanol–water partition coefficient (Wildman–Crippen LogP) is 5.46. The van der Waals surface area contributed by atoms with Gasteiger partial charge in [0.05, 0.1) is 15.2 Å². The number of rotatable bonds is 3. The first-order valence-electron chi connectivity index (χ1n) is 5.19. The summed E-state index contributed by atoms with van der Waals surface area (Å²) in [5.41, 5.74) is 1.71. The Bertz CT molecular complexity index is 577. The fourth-order valence-electron chi connectivity index (χ4n) is 1.48. The molecule has 0 fully saturated rings. The Morgan fingerprint density at radius 3 is 2.67 bits per heavy atom. The summed E-state index contributed by atoms with van der Waals surface area (Å²) in [5.74, 6) is -0.261. The van der Waals surface area contributed by atoms with E-state index in [1.165, 1.54) is 6.07 Å². The molecule has 1 nitrogen and oxygen atoms in total. The second-order valence-corrected chi connectivity index (χ2v) is 6.23. The summed E-state index contributed by atoms with van der Waals surface area (Å²) in [5, 5.41) is 3.85. The van der Waals surface area contributed by atoms with Gasteiger partial charge in [0, 0.05) is 10.1 Å². The first-order chi connectivity index (χ1) is 8.56. The zero-order chi connectivity index (χ0) is 13.1. The number of halogens is 4. The lowest BCUT2D eigenvalue weighted by molar-refractivity contribution is 0.619. The Morgan fingerprint density at radius 2 is 2.00 bits per heavy atom. The van der Waals surface area contributed by atoms with Crippen LogP contribution in [0.3, 0.4) is 0 Å². The minimum absolute atomic E-state index is 0.261. The fourth-order valence-corrected chi connectivity index (χ4v) is 2.65. The molecule has 0 radical (unpaired) electrons. The molecule has 0 saturated carbocycles. The van der Waals surface area contributed by atoms with Crippen LogP contribution in [-0.4, -0.2) is 0 Å². The third-order valence-electron chi connectivity index (χ3n) is 2.40. The molecule has 0 aliphatic carbocycles.